The zero-order valence-electron chi connectivity index (χ0n) is 13.9. The first-order valence-electron chi connectivity index (χ1n) is 7.61. The van der Waals surface area contributed by atoms with Crippen LogP contribution < -0.4 is 5.73 Å². The molecule has 3 aromatic heterocycles. The van der Waals surface area contributed by atoms with Gasteiger partial charge in [0.2, 0.25) is 16.0 Å². The summed E-state index contributed by atoms with van der Waals surface area (Å²) in [6.45, 7) is 1.78. The number of hydrogen-bond donors (Lipinski definition) is 1. The predicted molar refractivity (Wildman–Crippen MR) is 105 cm³/mol. The fourth-order valence-corrected chi connectivity index (χ4v) is 5.71. The molecule has 1 aliphatic heterocycles. The summed E-state index contributed by atoms with van der Waals surface area (Å²) in [6, 6.07) is 5.65. The van der Waals surface area contributed by atoms with Crippen molar-refractivity contribution in [1.82, 2.24) is 19.1 Å². The lowest BCUT2D eigenvalue weighted by molar-refractivity contribution is 0.482. The summed E-state index contributed by atoms with van der Waals surface area (Å²) in [7, 11) is -2.10. The molecule has 0 amide bonds. The van der Waals surface area contributed by atoms with Crippen molar-refractivity contribution in [3.63, 3.8) is 0 Å². The maximum absolute atomic E-state index is 12.4. The van der Waals surface area contributed by atoms with E-state index in [9.17, 15) is 8.42 Å². The molecule has 0 spiro atoms. The molecule has 0 radical (unpaired) electrons. The van der Waals surface area contributed by atoms with E-state index in [0.717, 1.165) is 23.9 Å². The van der Waals surface area contributed by atoms with E-state index in [4.69, 9.17) is 5.73 Å². The average Bonchev–Trinajstić information content (AvgIpc) is 3.14. The number of sulfonamides is 1. The van der Waals surface area contributed by atoms with E-state index < -0.39 is 15.6 Å². The molecule has 1 aliphatic rings. The van der Waals surface area contributed by atoms with Gasteiger partial charge in [-0.15, -0.1) is 11.3 Å². The molecule has 1 atom stereocenters. The highest BCUT2D eigenvalue weighted by atomic mass is 79.9. The molecule has 4 rings (SSSR count). The molecule has 136 valence electrons. The quantitative estimate of drug-likeness (QED) is 0.637. The van der Waals surface area contributed by atoms with Gasteiger partial charge >= 0.3 is 0 Å². The first-order chi connectivity index (χ1) is 12.2. The minimum atomic E-state index is -3.51. The van der Waals surface area contributed by atoms with E-state index in [1.54, 1.807) is 24.0 Å². The van der Waals surface area contributed by atoms with Crippen molar-refractivity contribution in [3.8, 4) is 5.82 Å². The Bertz CT molecular complexity index is 1130. The van der Waals surface area contributed by atoms with Gasteiger partial charge in [0.15, 0.2) is 5.82 Å². The van der Waals surface area contributed by atoms with Crippen LogP contribution in [-0.4, -0.2) is 46.2 Å². The number of fused-ring (bicyclic) bond motifs is 1. The summed E-state index contributed by atoms with van der Waals surface area (Å²) in [5.74, 6) is 0.536. The highest BCUT2D eigenvalue weighted by Gasteiger charge is 2.41. The fourth-order valence-electron chi connectivity index (χ4n) is 2.84. The number of halogens is 1. The molecule has 0 fully saturated rings. The monoisotopic (exact) mass is 454 g/mol. The lowest BCUT2D eigenvalue weighted by atomic mass is 10.0. The normalized spacial score (nSPS) is 22.6. The van der Waals surface area contributed by atoms with Crippen molar-refractivity contribution in [2.75, 3.05) is 12.8 Å². The number of guanidine groups is 1. The number of pyridine rings is 1. The van der Waals surface area contributed by atoms with Crippen molar-refractivity contribution in [2.45, 2.75) is 12.5 Å². The van der Waals surface area contributed by atoms with E-state index in [0.29, 0.717) is 5.82 Å². The zero-order valence-corrected chi connectivity index (χ0v) is 17.1. The van der Waals surface area contributed by atoms with Crippen LogP contribution in [0.15, 0.2) is 40.1 Å². The molecule has 0 saturated carbocycles. The van der Waals surface area contributed by atoms with Crippen molar-refractivity contribution in [3.05, 3.63) is 39.9 Å². The lowest BCUT2D eigenvalue weighted by Gasteiger charge is -2.33. The highest BCUT2D eigenvalue weighted by molar-refractivity contribution is 9.10. The molecule has 26 heavy (non-hydrogen) atoms. The number of nitrogens with two attached hydrogens (primary N) is 1. The van der Waals surface area contributed by atoms with Crippen molar-refractivity contribution in [2.24, 2.45) is 10.7 Å². The van der Waals surface area contributed by atoms with Crippen LogP contribution in [0.3, 0.4) is 0 Å². The summed E-state index contributed by atoms with van der Waals surface area (Å²) in [4.78, 5) is 9.63. The molecule has 0 aromatic carbocycles. The van der Waals surface area contributed by atoms with Gasteiger partial charge in [0.25, 0.3) is 0 Å². The van der Waals surface area contributed by atoms with Crippen LogP contribution in [0.1, 0.15) is 11.8 Å². The largest absolute Gasteiger partial charge is 0.369 e. The Hall–Kier alpha value is -1.98. The van der Waals surface area contributed by atoms with Gasteiger partial charge < -0.3 is 5.73 Å². The van der Waals surface area contributed by atoms with Gasteiger partial charge in [0.1, 0.15) is 5.54 Å². The lowest BCUT2D eigenvalue weighted by Crippen LogP contribution is -2.50. The minimum absolute atomic E-state index is 0.00703. The number of hydrogen-bond acceptors (Lipinski definition) is 7. The summed E-state index contributed by atoms with van der Waals surface area (Å²) in [5.41, 5.74) is 5.76. The molecular formula is C15H15BrN6O2S2. The van der Waals surface area contributed by atoms with Crippen LogP contribution in [0.5, 0.6) is 0 Å². The molecule has 4 heterocycles. The Morgan fingerprint density at radius 2 is 2.12 bits per heavy atom. The van der Waals surface area contributed by atoms with Gasteiger partial charge in [-0.05, 0) is 41.1 Å². The molecule has 0 bridgehead atoms. The summed E-state index contributed by atoms with van der Waals surface area (Å²) in [6.07, 6.45) is 3.44. The Morgan fingerprint density at radius 1 is 1.35 bits per heavy atom. The molecule has 3 aromatic rings. The maximum atomic E-state index is 12.4. The Labute approximate surface area is 162 Å². The summed E-state index contributed by atoms with van der Waals surface area (Å²) < 4.78 is 29.3. The average molecular weight is 455 g/mol. The van der Waals surface area contributed by atoms with Crippen molar-refractivity contribution in [1.29, 1.82) is 0 Å². The van der Waals surface area contributed by atoms with Gasteiger partial charge in [-0.25, -0.2) is 27.4 Å². The van der Waals surface area contributed by atoms with Gasteiger partial charge in [-0.2, -0.15) is 5.10 Å². The topological polar surface area (TPSA) is 106 Å². The van der Waals surface area contributed by atoms with Crippen molar-refractivity contribution < 1.29 is 8.42 Å². The van der Waals surface area contributed by atoms with Crippen LogP contribution in [0.25, 0.3) is 16.0 Å². The van der Waals surface area contributed by atoms with Crippen molar-refractivity contribution >= 4 is 53.5 Å². The second-order valence-electron chi connectivity index (χ2n) is 6.22. The SMILES string of the molecule is CN1C(N)=N[C@](C)(c2cc3c(cnn3-c3ccc(Br)cn3)s2)CS1(=O)=O. The molecular weight excluding hydrogens is 440 g/mol. The highest BCUT2D eigenvalue weighted by Crippen LogP contribution is 2.39. The first-order valence-corrected chi connectivity index (χ1v) is 10.8. The van der Waals surface area contributed by atoms with Crippen LogP contribution in [0.2, 0.25) is 0 Å². The molecule has 0 saturated heterocycles. The van der Waals surface area contributed by atoms with E-state index in [2.05, 4.69) is 31.0 Å². The summed E-state index contributed by atoms with van der Waals surface area (Å²) >= 11 is 4.82. The van der Waals surface area contributed by atoms with E-state index in [-0.39, 0.29) is 11.7 Å². The van der Waals surface area contributed by atoms with Gasteiger partial charge in [0.05, 0.1) is 22.2 Å². The summed E-state index contributed by atoms with van der Waals surface area (Å²) in [5, 5.41) is 4.38. The smallest absolute Gasteiger partial charge is 0.239 e. The Morgan fingerprint density at radius 3 is 2.77 bits per heavy atom. The third-order valence-electron chi connectivity index (χ3n) is 4.28. The minimum Gasteiger partial charge on any atom is -0.369 e. The molecule has 11 heteroatoms. The van der Waals surface area contributed by atoms with Crippen LogP contribution in [0, 0.1) is 0 Å². The Balaban J connectivity index is 1.83. The molecule has 8 nitrogen and oxygen atoms in total. The van der Waals surface area contributed by atoms with Gasteiger partial charge in [-0.1, -0.05) is 0 Å². The van der Waals surface area contributed by atoms with Gasteiger partial charge in [-0.3, -0.25) is 0 Å². The number of aliphatic imine (C=N–C) groups is 1. The predicted octanol–water partition coefficient (Wildman–Crippen LogP) is 2.05. The first kappa shape index (κ1) is 17.4. The Kier molecular flexibility index (Phi) is 3.86. The van der Waals surface area contributed by atoms with E-state index >= 15 is 0 Å². The molecule has 2 N–H and O–H groups in total. The number of aromatic nitrogens is 3. The maximum Gasteiger partial charge on any atom is 0.239 e. The fraction of sp³-hybridized carbons (Fsp3) is 0.267. The van der Waals surface area contributed by atoms with Crippen LogP contribution in [-0.2, 0) is 15.6 Å². The number of rotatable bonds is 2. The number of thiophene rings is 1. The second kappa shape index (κ2) is 5.76. The second-order valence-corrected chi connectivity index (χ2v) is 10.2. The third kappa shape index (κ3) is 2.70. The molecule has 0 unspecified atom stereocenters. The van der Waals surface area contributed by atoms with E-state index in [1.165, 1.54) is 18.4 Å². The zero-order chi connectivity index (χ0) is 18.7. The van der Waals surface area contributed by atoms with E-state index in [1.807, 2.05) is 18.2 Å². The molecule has 0 aliphatic carbocycles. The van der Waals surface area contributed by atoms with Gasteiger partial charge in [0, 0.05) is 22.6 Å². The third-order valence-corrected chi connectivity index (χ3v) is 8.01. The van der Waals surface area contributed by atoms with Crippen LogP contribution in [0.4, 0.5) is 0 Å². The number of nitrogens with zero attached hydrogens (tertiary/aromatic N) is 5. The standard InChI is InChI=1S/C15H15BrN6O2S2/c1-15(8-26(23,24)21(2)14(17)20-15)12-5-10-11(25-12)7-19-22(10)13-4-3-9(16)6-18-13/h3-7H,8H2,1-2H3,(H2,17,20)/t15-/m0/s1. The van der Waals surface area contributed by atoms with Crippen LogP contribution >= 0.6 is 27.3 Å².